The second kappa shape index (κ2) is 60.5. The smallest absolute Gasteiger partial charge is 0.387 e. The molecule has 3 unspecified atom stereocenters. The van der Waals surface area contributed by atoms with Gasteiger partial charge in [-0.1, -0.05) is 311 Å². The van der Waals surface area contributed by atoms with Crippen LogP contribution in [0.1, 0.15) is 316 Å². The van der Waals surface area contributed by atoms with Gasteiger partial charge in [-0.3, -0.25) is 13.8 Å². The maximum absolute atomic E-state index is 13.0. The SMILES string of the molecule is CC/C=C\C/C=C\C/C=C\C/C=C\CCCCCCCCCCCCCCCCCCC(=O)NC(COP(=O)(O)OCC[N+](C)(C)C)C(O)/C=C/CC/C=C/CCCCCCCCCCCCCCCCCCCCCCCC. The lowest BCUT2D eigenvalue weighted by atomic mass is 10.0. The number of nitrogens with zero attached hydrogens (tertiary/aromatic N) is 1. The Morgan fingerprint density at radius 3 is 1.16 bits per heavy atom. The minimum Gasteiger partial charge on any atom is -0.387 e. The van der Waals surface area contributed by atoms with E-state index in [-0.39, 0.29) is 19.1 Å². The van der Waals surface area contributed by atoms with Crippen molar-refractivity contribution in [3.8, 4) is 0 Å². The number of likely N-dealkylation sites (N-methyl/N-ethyl adjacent to an activating group) is 1. The van der Waals surface area contributed by atoms with Crippen molar-refractivity contribution in [2.75, 3.05) is 40.9 Å². The summed E-state index contributed by atoms with van der Waals surface area (Å²) in [5.74, 6) is -0.184. The highest BCUT2D eigenvalue weighted by atomic mass is 31.2. The quantitative estimate of drug-likeness (QED) is 0.0243. The first-order valence-electron chi connectivity index (χ1n) is 33.8. The number of aliphatic hydroxyl groups is 1. The standard InChI is InChI=1S/C70H131N2O6P/c1-6-8-10-12-14-16-18-20-22-24-26-28-30-32-34-36-38-40-42-44-46-48-50-52-54-56-58-60-62-64-70(74)71-68(67-78-79(75,76)77-66-65-72(3,4)5)69(73)63-61-59-57-55-53-51-49-47-45-43-41-39-37-35-33-31-29-27-25-23-21-19-17-15-13-11-9-7-2/h8,10,14,16,20,22,26,28,53,55,61,63,68-69,73H,6-7,9,11-13,15,17-19,21,23-25,27,29-52,54,56-60,62,64-67H2,1-5H3,(H-,71,74,75,76)/p+1/b10-8-,16-14-,22-20-,28-26-,55-53+,63-61+. The molecule has 0 aromatic rings. The van der Waals surface area contributed by atoms with Crippen LogP contribution in [0.4, 0.5) is 0 Å². The number of hydrogen-bond acceptors (Lipinski definition) is 5. The highest BCUT2D eigenvalue weighted by Crippen LogP contribution is 2.43. The molecule has 0 aliphatic carbocycles. The lowest BCUT2D eigenvalue weighted by Gasteiger charge is -2.25. The average Bonchev–Trinajstić information content (AvgIpc) is 3.42. The summed E-state index contributed by atoms with van der Waals surface area (Å²) < 4.78 is 23.8. The number of phosphoric acid groups is 1. The third kappa shape index (κ3) is 63.4. The van der Waals surface area contributed by atoms with E-state index in [9.17, 15) is 19.4 Å². The molecule has 0 heterocycles. The van der Waals surface area contributed by atoms with Crippen LogP contribution in [-0.4, -0.2) is 73.4 Å². The largest absolute Gasteiger partial charge is 0.472 e. The molecule has 0 radical (unpaired) electrons. The van der Waals surface area contributed by atoms with Gasteiger partial charge in [0.1, 0.15) is 13.2 Å². The van der Waals surface area contributed by atoms with Crippen molar-refractivity contribution in [2.24, 2.45) is 0 Å². The van der Waals surface area contributed by atoms with Crippen molar-refractivity contribution < 1.29 is 32.9 Å². The van der Waals surface area contributed by atoms with E-state index < -0.39 is 20.0 Å². The molecular formula is C70H132N2O6P+. The highest BCUT2D eigenvalue weighted by molar-refractivity contribution is 7.47. The van der Waals surface area contributed by atoms with Crippen LogP contribution in [0.15, 0.2) is 72.9 Å². The van der Waals surface area contributed by atoms with Crippen LogP contribution >= 0.6 is 7.82 Å². The molecule has 0 saturated carbocycles. The molecule has 0 aromatic carbocycles. The van der Waals surface area contributed by atoms with Crippen LogP contribution in [0.3, 0.4) is 0 Å². The number of carbonyl (C=O) groups is 1. The Bertz CT molecular complexity index is 1520. The van der Waals surface area contributed by atoms with E-state index in [0.717, 1.165) is 64.2 Å². The number of unbranched alkanes of at least 4 members (excludes halogenated alkanes) is 39. The van der Waals surface area contributed by atoms with Gasteiger partial charge in [0.2, 0.25) is 5.91 Å². The van der Waals surface area contributed by atoms with Crippen LogP contribution in [0.25, 0.3) is 0 Å². The number of nitrogens with one attached hydrogen (secondary N) is 1. The summed E-state index contributed by atoms with van der Waals surface area (Å²) in [4.78, 5) is 23.4. The monoisotopic (exact) mass is 1130 g/mol. The normalized spacial score (nSPS) is 14.2. The zero-order valence-electron chi connectivity index (χ0n) is 52.9. The number of hydrogen-bond donors (Lipinski definition) is 3. The molecule has 0 aliphatic rings. The van der Waals surface area contributed by atoms with Crippen molar-refractivity contribution >= 4 is 13.7 Å². The number of rotatable bonds is 62. The second-order valence-electron chi connectivity index (χ2n) is 24.2. The number of phosphoric ester groups is 1. The fraction of sp³-hybridized carbons (Fsp3) is 0.814. The first-order valence-corrected chi connectivity index (χ1v) is 35.3. The molecule has 3 N–H and O–H groups in total. The lowest BCUT2D eigenvalue weighted by molar-refractivity contribution is -0.870. The van der Waals surface area contributed by atoms with E-state index in [2.05, 4.69) is 79.9 Å². The third-order valence-electron chi connectivity index (χ3n) is 15.2. The Morgan fingerprint density at radius 2 is 0.772 bits per heavy atom. The van der Waals surface area contributed by atoms with Gasteiger partial charge < -0.3 is 19.8 Å². The van der Waals surface area contributed by atoms with Gasteiger partial charge >= 0.3 is 7.82 Å². The molecule has 462 valence electrons. The van der Waals surface area contributed by atoms with Crippen molar-refractivity contribution in [3.05, 3.63) is 72.9 Å². The molecule has 1 amide bonds. The molecule has 3 atom stereocenters. The Morgan fingerprint density at radius 1 is 0.443 bits per heavy atom. The lowest BCUT2D eigenvalue weighted by Crippen LogP contribution is -2.45. The van der Waals surface area contributed by atoms with Crippen molar-refractivity contribution in [3.63, 3.8) is 0 Å². The molecule has 8 nitrogen and oxygen atoms in total. The Labute approximate surface area is 491 Å². The fourth-order valence-electron chi connectivity index (χ4n) is 9.94. The Kier molecular flexibility index (Phi) is 59.0. The zero-order chi connectivity index (χ0) is 57.7. The van der Waals surface area contributed by atoms with E-state index in [4.69, 9.17) is 9.05 Å². The van der Waals surface area contributed by atoms with Crippen molar-refractivity contribution in [1.29, 1.82) is 0 Å². The van der Waals surface area contributed by atoms with Crippen LogP contribution < -0.4 is 5.32 Å². The summed E-state index contributed by atoms with van der Waals surface area (Å²) in [6.07, 6.45) is 84.7. The third-order valence-corrected chi connectivity index (χ3v) is 16.1. The predicted molar refractivity (Wildman–Crippen MR) is 346 cm³/mol. The zero-order valence-corrected chi connectivity index (χ0v) is 53.8. The Hall–Kier alpha value is -2.06. The maximum Gasteiger partial charge on any atom is 0.472 e. The summed E-state index contributed by atoms with van der Waals surface area (Å²) >= 11 is 0. The first kappa shape index (κ1) is 76.9. The minimum absolute atomic E-state index is 0.0551. The summed E-state index contributed by atoms with van der Waals surface area (Å²) in [5.41, 5.74) is 0. The summed E-state index contributed by atoms with van der Waals surface area (Å²) in [6, 6.07) is -0.867. The molecule has 0 fully saturated rings. The number of aliphatic hydroxyl groups excluding tert-OH is 1. The van der Waals surface area contributed by atoms with Gasteiger partial charge in [0, 0.05) is 6.42 Å². The van der Waals surface area contributed by atoms with Gasteiger partial charge in [-0.2, -0.15) is 0 Å². The summed E-state index contributed by atoms with van der Waals surface area (Å²) in [6.45, 7) is 4.72. The van der Waals surface area contributed by atoms with Gasteiger partial charge in [0.25, 0.3) is 0 Å². The minimum atomic E-state index is -4.36. The Balaban J connectivity index is 4.12. The fourth-order valence-corrected chi connectivity index (χ4v) is 10.7. The van der Waals surface area contributed by atoms with Crippen LogP contribution in [0, 0.1) is 0 Å². The topological polar surface area (TPSA) is 105 Å². The van der Waals surface area contributed by atoms with Crippen molar-refractivity contribution in [1.82, 2.24) is 5.32 Å². The molecule has 0 aromatic heterocycles. The van der Waals surface area contributed by atoms with E-state index in [1.165, 1.54) is 231 Å². The molecular weight excluding hydrogens is 996 g/mol. The van der Waals surface area contributed by atoms with Gasteiger partial charge in [-0.15, -0.1) is 0 Å². The first-order chi connectivity index (χ1) is 38.5. The molecule has 0 bridgehead atoms. The van der Waals surface area contributed by atoms with Crippen LogP contribution in [0.5, 0.6) is 0 Å². The second-order valence-corrected chi connectivity index (χ2v) is 25.6. The molecule has 0 spiro atoms. The number of quaternary nitrogens is 1. The molecule has 0 saturated heterocycles. The molecule has 79 heavy (non-hydrogen) atoms. The van der Waals surface area contributed by atoms with Crippen LogP contribution in [0.2, 0.25) is 0 Å². The van der Waals surface area contributed by atoms with Gasteiger partial charge in [-0.25, -0.2) is 4.57 Å². The number of amides is 1. The van der Waals surface area contributed by atoms with Crippen LogP contribution in [-0.2, 0) is 18.4 Å². The van der Waals surface area contributed by atoms with E-state index in [1.54, 1.807) is 6.08 Å². The predicted octanol–water partition coefficient (Wildman–Crippen LogP) is 21.4. The molecule has 9 heteroatoms. The number of allylic oxidation sites excluding steroid dienone is 11. The van der Waals surface area contributed by atoms with Gasteiger partial charge in [-0.05, 0) is 70.6 Å². The number of carbonyl (C=O) groups excluding carboxylic acids is 1. The molecule has 0 rings (SSSR count). The van der Waals surface area contributed by atoms with Crippen molar-refractivity contribution in [2.45, 2.75) is 328 Å². The highest BCUT2D eigenvalue weighted by Gasteiger charge is 2.28. The van der Waals surface area contributed by atoms with E-state index >= 15 is 0 Å². The summed E-state index contributed by atoms with van der Waals surface area (Å²) in [7, 11) is 1.56. The van der Waals surface area contributed by atoms with Gasteiger partial charge in [0.05, 0.1) is 39.9 Å². The van der Waals surface area contributed by atoms with E-state index in [1.807, 2.05) is 27.2 Å². The maximum atomic E-state index is 13.0. The van der Waals surface area contributed by atoms with E-state index in [0.29, 0.717) is 17.4 Å². The van der Waals surface area contributed by atoms with Gasteiger partial charge in [0.15, 0.2) is 0 Å². The molecule has 0 aliphatic heterocycles. The average molecular weight is 1130 g/mol. The summed E-state index contributed by atoms with van der Waals surface area (Å²) in [5, 5.41) is 14.0.